The third-order valence-electron chi connectivity index (χ3n) is 3.59. The molecule has 22 heavy (non-hydrogen) atoms. The van der Waals surface area contributed by atoms with Crippen LogP contribution in [0.15, 0.2) is 4.99 Å². The van der Waals surface area contributed by atoms with Gasteiger partial charge in [0.05, 0.1) is 5.69 Å². The number of rotatable bonds is 7. The van der Waals surface area contributed by atoms with Crippen LogP contribution in [0.1, 0.15) is 30.3 Å². The first kappa shape index (κ1) is 21.6. The number of nitrogens with zero attached hydrogens (tertiary/aromatic N) is 3. The first-order chi connectivity index (χ1) is 9.99. The van der Waals surface area contributed by atoms with Gasteiger partial charge in [-0.15, -0.1) is 24.0 Å². The van der Waals surface area contributed by atoms with E-state index in [0.29, 0.717) is 6.04 Å². The molecule has 0 aliphatic rings. The highest BCUT2D eigenvalue weighted by Gasteiger charge is 2.13. The maximum Gasteiger partial charge on any atom is 0.191 e. The number of nitrogens with one attached hydrogen (secondary N) is 2. The Morgan fingerprint density at radius 2 is 2.09 bits per heavy atom. The van der Waals surface area contributed by atoms with Crippen LogP contribution in [-0.2, 0) is 13.5 Å². The van der Waals surface area contributed by atoms with Crippen LogP contribution in [0, 0.1) is 13.8 Å². The minimum Gasteiger partial charge on any atom is -0.356 e. The number of guanidine groups is 1. The molecule has 0 amide bonds. The summed E-state index contributed by atoms with van der Waals surface area (Å²) in [6.45, 7) is 7.33. The second-order valence-electron chi connectivity index (χ2n) is 5.37. The average Bonchev–Trinajstić information content (AvgIpc) is 2.68. The summed E-state index contributed by atoms with van der Waals surface area (Å²) >= 11 is 1.87. The fourth-order valence-corrected chi connectivity index (χ4v) is 2.75. The van der Waals surface area contributed by atoms with Crippen LogP contribution >= 0.6 is 35.7 Å². The van der Waals surface area contributed by atoms with E-state index in [9.17, 15) is 0 Å². The zero-order valence-electron chi connectivity index (χ0n) is 14.6. The van der Waals surface area contributed by atoms with Gasteiger partial charge in [-0.1, -0.05) is 0 Å². The quantitative estimate of drug-likeness (QED) is 0.297. The highest BCUT2D eigenvalue weighted by Crippen LogP contribution is 2.14. The first-order valence-corrected chi connectivity index (χ1v) is 8.84. The molecular weight excluding hydrogens is 409 g/mol. The zero-order valence-corrected chi connectivity index (χ0v) is 17.7. The summed E-state index contributed by atoms with van der Waals surface area (Å²) in [5, 5.41) is 11.3. The van der Waals surface area contributed by atoms with Gasteiger partial charge < -0.3 is 10.6 Å². The lowest BCUT2D eigenvalue weighted by Gasteiger charge is -2.18. The van der Waals surface area contributed by atoms with Gasteiger partial charge in [0.15, 0.2) is 5.96 Å². The summed E-state index contributed by atoms with van der Waals surface area (Å²) in [6, 6.07) is 0.318. The van der Waals surface area contributed by atoms with Gasteiger partial charge in [-0.05, 0) is 51.2 Å². The predicted octanol–water partition coefficient (Wildman–Crippen LogP) is 2.50. The second-order valence-corrected chi connectivity index (χ2v) is 6.35. The molecule has 1 unspecified atom stereocenters. The van der Waals surface area contributed by atoms with E-state index in [1.807, 2.05) is 30.5 Å². The first-order valence-electron chi connectivity index (χ1n) is 7.44. The molecule has 1 aromatic heterocycles. The summed E-state index contributed by atoms with van der Waals surface area (Å²) in [7, 11) is 3.81. The highest BCUT2D eigenvalue weighted by molar-refractivity contribution is 14.0. The predicted molar refractivity (Wildman–Crippen MR) is 109 cm³/mol. The minimum atomic E-state index is 0. The van der Waals surface area contributed by atoms with Gasteiger partial charge in [-0.3, -0.25) is 9.67 Å². The number of thioether (sulfide) groups is 1. The molecule has 0 bridgehead atoms. The molecule has 5 nitrogen and oxygen atoms in total. The largest absolute Gasteiger partial charge is 0.356 e. The fourth-order valence-electron chi connectivity index (χ4n) is 2.32. The number of aromatic nitrogens is 2. The van der Waals surface area contributed by atoms with Crippen molar-refractivity contribution in [3.63, 3.8) is 0 Å². The fraction of sp³-hybridized carbons (Fsp3) is 0.733. The molecule has 1 atom stereocenters. The molecule has 0 aliphatic carbocycles. The van der Waals surface area contributed by atoms with Crippen LogP contribution in [-0.4, -0.2) is 47.4 Å². The summed E-state index contributed by atoms with van der Waals surface area (Å²) < 4.78 is 1.95. The van der Waals surface area contributed by atoms with E-state index < -0.39 is 0 Å². The van der Waals surface area contributed by atoms with Crippen molar-refractivity contribution in [1.82, 2.24) is 20.4 Å². The van der Waals surface area contributed by atoms with Crippen molar-refractivity contribution >= 4 is 41.7 Å². The van der Waals surface area contributed by atoms with Crippen LogP contribution < -0.4 is 10.6 Å². The number of aliphatic imine (C=N–C) groups is 1. The van der Waals surface area contributed by atoms with E-state index in [4.69, 9.17) is 0 Å². The number of hydrogen-bond donors (Lipinski definition) is 2. The van der Waals surface area contributed by atoms with Crippen molar-refractivity contribution < 1.29 is 0 Å². The molecule has 0 aliphatic heterocycles. The Morgan fingerprint density at radius 1 is 1.41 bits per heavy atom. The Bertz CT molecular complexity index is 473. The van der Waals surface area contributed by atoms with Crippen LogP contribution in [0.5, 0.6) is 0 Å². The lowest BCUT2D eigenvalue weighted by atomic mass is 10.1. The van der Waals surface area contributed by atoms with E-state index in [2.05, 4.69) is 47.8 Å². The van der Waals surface area contributed by atoms with Crippen LogP contribution in [0.2, 0.25) is 0 Å². The Hall–Kier alpha value is -0.440. The van der Waals surface area contributed by atoms with Gasteiger partial charge in [-0.2, -0.15) is 16.9 Å². The molecule has 0 aromatic carbocycles. The molecule has 0 fully saturated rings. The highest BCUT2D eigenvalue weighted by atomic mass is 127. The van der Waals surface area contributed by atoms with Crippen LogP contribution in [0.3, 0.4) is 0 Å². The molecule has 0 saturated carbocycles. The zero-order chi connectivity index (χ0) is 15.8. The molecule has 1 aromatic rings. The van der Waals surface area contributed by atoms with Crippen molar-refractivity contribution in [2.45, 2.75) is 39.7 Å². The van der Waals surface area contributed by atoms with Crippen LogP contribution in [0.25, 0.3) is 0 Å². The van der Waals surface area contributed by atoms with Gasteiger partial charge in [-0.25, -0.2) is 0 Å². The Morgan fingerprint density at radius 3 is 2.59 bits per heavy atom. The van der Waals surface area contributed by atoms with E-state index >= 15 is 0 Å². The molecule has 2 N–H and O–H groups in total. The number of hydrogen-bond acceptors (Lipinski definition) is 3. The van der Waals surface area contributed by atoms with E-state index in [1.165, 1.54) is 17.0 Å². The molecule has 1 rings (SSSR count). The number of halogens is 1. The molecule has 0 radical (unpaired) electrons. The molecule has 1 heterocycles. The maximum absolute atomic E-state index is 4.47. The Labute approximate surface area is 156 Å². The normalized spacial score (nSPS) is 12.7. The van der Waals surface area contributed by atoms with Gasteiger partial charge in [0.2, 0.25) is 0 Å². The lowest BCUT2D eigenvalue weighted by Crippen LogP contribution is -2.43. The molecule has 0 spiro atoms. The SMILES string of the molecule is CN=C(NCCCSC)NC(C)Cc1c(C)nn(C)c1C.I. The monoisotopic (exact) mass is 439 g/mol. The van der Waals surface area contributed by atoms with Gasteiger partial charge in [0.25, 0.3) is 0 Å². The number of aryl methyl sites for hydroxylation is 2. The summed E-state index contributed by atoms with van der Waals surface area (Å²) in [5.74, 6) is 2.05. The van der Waals surface area contributed by atoms with Crippen molar-refractivity contribution in [3.05, 3.63) is 17.0 Å². The van der Waals surface area contributed by atoms with Crippen molar-refractivity contribution in [2.75, 3.05) is 25.6 Å². The Balaban J connectivity index is 0.00000441. The standard InChI is InChI=1S/C15H29N5S.HI/c1-11(10-14-12(2)19-20(5)13(14)3)18-15(16-4)17-8-7-9-21-6;/h11H,7-10H2,1-6H3,(H2,16,17,18);1H. The minimum absolute atomic E-state index is 0. The van der Waals surface area contributed by atoms with Crippen molar-refractivity contribution in [2.24, 2.45) is 12.0 Å². The second kappa shape index (κ2) is 11.2. The van der Waals surface area contributed by atoms with Gasteiger partial charge >= 0.3 is 0 Å². The average molecular weight is 439 g/mol. The van der Waals surface area contributed by atoms with Gasteiger partial charge in [0, 0.05) is 32.4 Å². The summed E-state index contributed by atoms with van der Waals surface area (Å²) in [6.07, 6.45) is 4.24. The summed E-state index contributed by atoms with van der Waals surface area (Å²) in [5.41, 5.74) is 3.69. The van der Waals surface area contributed by atoms with E-state index in [1.54, 1.807) is 0 Å². The van der Waals surface area contributed by atoms with Crippen molar-refractivity contribution in [1.29, 1.82) is 0 Å². The third kappa shape index (κ3) is 6.76. The van der Waals surface area contributed by atoms with E-state index in [0.717, 1.165) is 31.0 Å². The lowest BCUT2D eigenvalue weighted by molar-refractivity contribution is 0.634. The smallest absolute Gasteiger partial charge is 0.191 e. The summed E-state index contributed by atoms with van der Waals surface area (Å²) in [4.78, 5) is 4.28. The Kier molecular flexibility index (Phi) is 10.9. The molecule has 7 heteroatoms. The van der Waals surface area contributed by atoms with Crippen LogP contribution in [0.4, 0.5) is 0 Å². The van der Waals surface area contributed by atoms with Crippen molar-refractivity contribution in [3.8, 4) is 0 Å². The molecule has 0 saturated heterocycles. The van der Waals surface area contributed by atoms with E-state index in [-0.39, 0.29) is 24.0 Å². The topological polar surface area (TPSA) is 54.2 Å². The molecule has 128 valence electrons. The van der Waals surface area contributed by atoms with Gasteiger partial charge in [0.1, 0.15) is 0 Å². The maximum atomic E-state index is 4.47. The third-order valence-corrected chi connectivity index (χ3v) is 4.29. The molecular formula is C15H30IN5S.